The van der Waals surface area contributed by atoms with Crippen LogP contribution in [0.1, 0.15) is 0 Å². The first-order valence-electron chi connectivity index (χ1n) is 3.59. The van der Waals surface area contributed by atoms with Crippen molar-refractivity contribution in [2.24, 2.45) is 0 Å². The third kappa shape index (κ3) is 2.70. The summed E-state index contributed by atoms with van der Waals surface area (Å²) >= 11 is 2.08. The van der Waals surface area contributed by atoms with Crippen LogP contribution in [-0.2, 0) is 4.74 Å². The third-order valence-corrected chi connectivity index (χ3v) is 2.13. The molecule has 0 spiro atoms. The van der Waals surface area contributed by atoms with E-state index in [9.17, 15) is 0 Å². The lowest BCUT2D eigenvalue weighted by atomic mass is 10.4. The van der Waals surface area contributed by atoms with Crippen molar-refractivity contribution in [3.63, 3.8) is 0 Å². The Kier molecular flexibility index (Phi) is 4.23. The number of methoxy groups -OCH3 is 2. The lowest BCUT2D eigenvalue weighted by Crippen LogP contribution is -2.02. The van der Waals surface area contributed by atoms with Crippen LogP contribution in [0.25, 0.3) is 0 Å². The minimum Gasteiger partial charge on any atom is -0.490 e. The normalized spacial score (nSPS) is 9.77. The molecule has 0 aliphatic carbocycles. The van der Waals surface area contributed by atoms with Gasteiger partial charge in [-0.1, -0.05) is 0 Å². The maximum Gasteiger partial charge on any atom is 0.193 e. The molecule has 0 aliphatic rings. The SMILES string of the molecule is COCOc1ccnc(I)c1OC. The van der Waals surface area contributed by atoms with Gasteiger partial charge in [-0.3, -0.25) is 0 Å². The number of nitrogens with zero attached hydrogens (tertiary/aromatic N) is 1. The number of ether oxygens (including phenoxy) is 3. The molecule has 0 amide bonds. The van der Waals surface area contributed by atoms with Crippen molar-refractivity contribution in [1.29, 1.82) is 0 Å². The van der Waals surface area contributed by atoms with Crippen LogP contribution >= 0.6 is 22.6 Å². The second kappa shape index (κ2) is 5.23. The summed E-state index contributed by atoms with van der Waals surface area (Å²) in [5, 5.41) is 0. The van der Waals surface area contributed by atoms with Crippen LogP contribution in [0.3, 0.4) is 0 Å². The van der Waals surface area contributed by atoms with E-state index in [0.29, 0.717) is 11.5 Å². The van der Waals surface area contributed by atoms with E-state index in [2.05, 4.69) is 27.6 Å². The molecule has 0 atom stereocenters. The van der Waals surface area contributed by atoms with E-state index in [-0.39, 0.29) is 6.79 Å². The molecule has 1 rings (SSSR count). The van der Waals surface area contributed by atoms with Crippen molar-refractivity contribution in [2.45, 2.75) is 0 Å². The first kappa shape index (κ1) is 10.5. The number of hydrogen-bond donors (Lipinski definition) is 0. The highest BCUT2D eigenvalue weighted by atomic mass is 127. The molecule has 1 heterocycles. The van der Waals surface area contributed by atoms with Gasteiger partial charge in [0.1, 0.15) is 3.70 Å². The van der Waals surface area contributed by atoms with Crippen molar-refractivity contribution in [1.82, 2.24) is 4.98 Å². The monoisotopic (exact) mass is 295 g/mol. The molecule has 1 aromatic rings. The second-order valence-corrected chi connectivity index (χ2v) is 3.21. The van der Waals surface area contributed by atoms with Gasteiger partial charge >= 0.3 is 0 Å². The zero-order valence-corrected chi connectivity index (χ0v) is 9.57. The van der Waals surface area contributed by atoms with Gasteiger partial charge in [-0.05, 0) is 22.6 Å². The molecule has 0 aliphatic heterocycles. The van der Waals surface area contributed by atoms with Crippen LogP contribution in [-0.4, -0.2) is 26.0 Å². The number of hydrogen-bond acceptors (Lipinski definition) is 4. The Bertz CT molecular complexity index is 280. The molecule has 0 N–H and O–H groups in total. The number of rotatable bonds is 4. The predicted molar refractivity (Wildman–Crippen MR) is 56.0 cm³/mol. The van der Waals surface area contributed by atoms with Crippen LogP contribution < -0.4 is 9.47 Å². The fourth-order valence-electron chi connectivity index (χ4n) is 0.827. The van der Waals surface area contributed by atoms with Crippen LogP contribution in [0.15, 0.2) is 12.3 Å². The summed E-state index contributed by atoms with van der Waals surface area (Å²) in [5.74, 6) is 1.28. The lowest BCUT2D eigenvalue weighted by Gasteiger charge is -2.09. The lowest BCUT2D eigenvalue weighted by molar-refractivity contribution is 0.0489. The van der Waals surface area contributed by atoms with Gasteiger partial charge in [0, 0.05) is 19.4 Å². The average molecular weight is 295 g/mol. The first-order valence-corrected chi connectivity index (χ1v) is 4.67. The quantitative estimate of drug-likeness (QED) is 0.481. The largest absolute Gasteiger partial charge is 0.490 e. The van der Waals surface area contributed by atoms with E-state index in [0.717, 1.165) is 3.70 Å². The minimum atomic E-state index is 0.205. The Morgan fingerprint density at radius 2 is 2.23 bits per heavy atom. The molecule has 5 heteroatoms. The topological polar surface area (TPSA) is 40.6 Å². The Hall–Kier alpha value is -0.560. The molecule has 0 fully saturated rings. The Labute approximate surface area is 90.3 Å². The highest BCUT2D eigenvalue weighted by Gasteiger charge is 2.08. The molecule has 0 bridgehead atoms. The fraction of sp³-hybridized carbons (Fsp3) is 0.375. The molecule has 0 saturated carbocycles. The summed E-state index contributed by atoms with van der Waals surface area (Å²) in [6.07, 6.45) is 1.66. The first-order chi connectivity index (χ1) is 6.29. The molecule has 72 valence electrons. The standard InChI is InChI=1S/C8H10INO3/c1-11-5-13-6-3-4-10-8(9)7(6)12-2/h3-4H,5H2,1-2H3. The van der Waals surface area contributed by atoms with Crippen molar-refractivity contribution >= 4 is 22.6 Å². The molecule has 13 heavy (non-hydrogen) atoms. The molecular weight excluding hydrogens is 285 g/mol. The summed E-state index contributed by atoms with van der Waals surface area (Å²) in [7, 11) is 3.15. The van der Waals surface area contributed by atoms with Crippen LogP contribution in [0.5, 0.6) is 11.5 Å². The van der Waals surface area contributed by atoms with Gasteiger partial charge in [0.05, 0.1) is 7.11 Å². The zero-order valence-electron chi connectivity index (χ0n) is 7.41. The molecule has 0 radical (unpaired) electrons. The molecular formula is C8H10INO3. The zero-order chi connectivity index (χ0) is 9.68. The van der Waals surface area contributed by atoms with Gasteiger partial charge < -0.3 is 14.2 Å². The van der Waals surface area contributed by atoms with E-state index in [1.165, 1.54) is 0 Å². The summed E-state index contributed by atoms with van der Waals surface area (Å²) in [6, 6.07) is 1.74. The van der Waals surface area contributed by atoms with Crippen molar-refractivity contribution in [3.05, 3.63) is 16.0 Å². The average Bonchev–Trinajstić information content (AvgIpc) is 2.15. The summed E-state index contributed by atoms with van der Waals surface area (Å²) in [5.41, 5.74) is 0. The van der Waals surface area contributed by atoms with Crippen LogP contribution in [0.4, 0.5) is 0 Å². The minimum absolute atomic E-state index is 0.205. The third-order valence-electron chi connectivity index (χ3n) is 1.36. The Morgan fingerprint density at radius 1 is 1.46 bits per heavy atom. The highest BCUT2D eigenvalue weighted by Crippen LogP contribution is 2.29. The maximum atomic E-state index is 5.27. The second-order valence-electron chi connectivity index (χ2n) is 2.18. The number of aromatic nitrogens is 1. The Balaban J connectivity index is 2.85. The van der Waals surface area contributed by atoms with Gasteiger partial charge in [0.2, 0.25) is 0 Å². The van der Waals surface area contributed by atoms with E-state index >= 15 is 0 Å². The van der Waals surface area contributed by atoms with E-state index in [1.807, 2.05) is 0 Å². The summed E-state index contributed by atoms with van der Waals surface area (Å²) < 4.78 is 15.9. The molecule has 4 nitrogen and oxygen atoms in total. The van der Waals surface area contributed by atoms with Gasteiger partial charge in [0.15, 0.2) is 18.3 Å². The summed E-state index contributed by atoms with van der Waals surface area (Å²) in [6.45, 7) is 0.205. The van der Waals surface area contributed by atoms with Crippen molar-refractivity contribution < 1.29 is 14.2 Å². The van der Waals surface area contributed by atoms with Crippen molar-refractivity contribution in [2.75, 3.05) is 21.0 Å². The maximum absolute atomic E-state index is 5.27. The molecule has 0 saturated heterocycles. The molecule has 0 aromatic carbocycles. The van der Waals surface area contributed by atoms with Crippen LogP contribution in [0, 0.1) is 3.70 Å². The van der Waals surface area contributed by atoms with Crippen LogP contribution in [0.2, 0.25) is 0 Å². The number of pyridine rings is 1. The van der Waals surface area contributed by atoms with E-state index in [1.54, 1.807) is 26.5 Å². The summed E-state index contributed by atoms with van der Waals surface area (Å²) in [4.78, 5) is 4.06. The smallest absolute Gasteiger partial charge is 0.193 e. The van der Waals surface area contributed by atoms with Gasteiger partial charge in [-0.2, -0.15) is 0 Å². The fourth-order valence-corrected chi connectivity index (χ4v) is 1.47. The predicted octanol–water partition coefficient (Wildman–Crippen LogP) is 1.68. The van der Waals surface area contributed by atoms with Crippen molar-refractivity contribution in [3.8, 4) is 11.5 Å². The van der Waals surface area contributed by atoms with Gasteiger partial charge in [0.25, 0.3) is 0 Å². The molecule has 1 aromatic heterocycles. The number of halogens is 1. The van der Waals surface area contributed by atoms with E-state index in [4.69, 9.17) is 14.2 Å². The highest BCUT2D eigenvalue weighted by molar-refractivity contribution is 14.1. The van der Waals surface area contributed by atoms with E-state index < -0.39 is 0 Å². The van der Waals surface area contributed by atoms with Gasteiger partial charge in [-0.15, -0.1) is 0 Å². The van der Waals surface area contributed by atoms with Gasteiger partial charge in [-0.25, -0.2) is 4.98 Å². The molecule has 0 unspecified atom stereocenters. The Morgan fingerprint density at radius 3 is 2.85 bits per heavy atom.